The molecule has 4 nitrogen and oxygen atoms in total. The van der Waals surface area contributed by atoms with Crippen molar-refractivity contribution >= 4 is 10.0 Å². The molecule has 0 bridgehead atoms. The van der Waals surface area contributed by atoms with Crippen molar-refractivity contribution in [2.24, 2.45) is 5.14 Å². The molecule has 1 aromatic heterocycles. The van der Waals surface area contributed by atoms with Crippen LogP contribution in [0.4, 0.5) is 13.2 Å². The molecule has 78 valence electrons. The molecular weight excluding hydrogens is 221 g/mol. The summed E-state index contributed by atoms with van der Waals surface area (Å²) in [4.78, 5) is 1.86. The summed E-state index contributed by atoms with van der Waals surface area (Å²) in [5.74, 6) is -1.52. The molecule has 0 amide bonds. The molecule has 14 heavy (non-hydrogen) atoms. The van der Waals surface area contributed by atoms with Crippen molar-refractivity contribution < 1.29 is 21.6 Å². The standard InChI is InChI=1S/C6H5F3N2O2S/c7-5(8)3-1-2-4(6(9)11-3)14(10,12)13/h1-2,5H,(H2,10,12,13). The molecule has 0 radical (unpaired) electrons. The number of hydrogen-bond donors (Lipinski definition) is 1. The second-order valence-corrected chi connectivity index (χ2v) is 3.90. The third-order valence-corrected chi connectivity index (χ3v) is 2.28. The molecule has 0 spiro atoms. The van der Waals surface area contributed by atoms with Gasteiger partial charge in [-0.25, -0.2) is 27.3 Å². The summed E-state index contributed by atoms with van der Waals surface area (Å²) in [6, 6.07) is 1.35. The van der Waals surface area contributed by atoms with Gasteiger partial charge in [-0.2, -0.15) is 4.39 Å². The van der Waals surface area contributed by atoms with E-state index in [1.807, 2.05) is 0 Å². The molecular formula is C6H5F3N2O2S. The molecule has 1 heterocycles. The maximum Gasteiger partial charge on any atom is 0.280 e. The van der Waals surface area contributed by atoms with E-state index in [1.54, 1.807) is 0 Å². The zero-order valence-corrected chi connectivity index (χ0v) is 7.43. The van der Waals surface area contributed by atoms with Gasteiger partial charge in [0.15, 0.2) is 0 Å². The summed E-state index contributed by atoms with van der Waals surface area (Å²) in [6.07, 6.45) is -2.96. The van der Waals surface area contributed by atoms with Gasteiger partial charge in [-0.15, -0.1) is 0 Å². The molecule has 0 aromatic carbocycles. The highest BCUT2D eigenvalue weighted by Gasteiger charge is 2.18. The highest BCUT2D eigenvalue weighted by Crippen LogP contribution is 2.19. The van der Waals surface area contributed by atoms with Gasteiger partial charge in [0.2, 0.25) is 16.0 Å². The molecule has 2 N–H and O–H groups in total. The Morgan fingerprint density at radius 2 is 1.93 bits per heavy atom. The van der Waals surface area contributed by atoms with Crippen LogP contribution in [0.25, 0.3) is 0 Å². The number of hydrogen-bond acceptors (Lipinski definition) is 3. The van der Waals surface area contributed by atoms with Crippen LogP contribution < -0.4 is 5.14 Å². The topological polar surface area (TPSA) is 73.1 Å². The molecule has 0 aliphatic heterocycles. The Kier molecular flexibility index (Phi) is 2.76. The number of aromatic nitrogens is 1. The Bertz CT molecular complexity index is 446. The number of rotatable bonds is 2. The lowest BCUT2D eigenvalue weighted by Gasteiger charge is -2.02. The number of halogens is 3. The molecule has 0 atom stereocenters. The average molecular weight is 226 g/mol. The molecule has 0 aliphatic rings. The van der Waals surface area contributed by atoms with Gasteiger partial charge in [-0.1, -0.05) is 0 Å². The average Bonchev–Trinajstić information content (AvgIpc) is 2.01. The second-order valence-electron chi connectivity index (χ2n) is 2.37. The fourth-order valence-electron chi connectivity index (χ4n) is 0.769. The Hall–Kier alpha value is -1.15. The molecule has 0 unspecified atom stereocenters. The predicted molar refractivity (Wildman–Crippen MR) is 40.5 cm³/mol. The minimum Gasteiger partial charge on any atom is -0.224 e. The van der Waals surface area contributed by atoms with Gasteiger partial charge in [0.1, 0.15) is 10.6 Å². The third-order valence-electron chi connectivity index (χ3n) is 1.37. The van der Waals surface area contributed by atoms with Crippen LogP contribution in [0.3, 0.4) is 0 Å². The van der Waals surface area contributed by atoms with E-state index in [1.165, 1.54) is 0 Å². The van der Waals surface area contributed by atoms with Crippen LogP contribution in [0.2, 0.25) is 0 Å². The highest BCUT2D eigenvalue weighted by molar-refractivity contribution is 7.89. The number of sulfonamides is 1. The third kappa shape index (κ3) is 2.20. The SMILES string of the molecule is NS(=O)(=O)c1ccc(C(F)F)nc1F. The summed E-state index contributed by atoms with van der Waals surface area (Å²) < 4.78 is 58.0. The molecule has 1 aromatic rings. The number of pyridine rings is 1. The normalized spacial score (nSPS) is 12.1. The zero-order chi connectivity index (χ0) is 10.9. The zero-order valence-electron chi connectivity index (χ0n) is 6.62. The van der Waals surface area contributed by atoms with Gasteiger partial charge in [0.25, 0.3) is 6.43 Å². The first-order chi connectivity index (χ1) is 6.32. The Morgan fingerprint density at radius 3 is 2.29 bits per heavy atom. The minimum atomic E-state index is -4.26. The number of nitrogens with two attached hydrogens (primary N) is 1. The summed E-state index contributed by atoms with van der Waals surface area (Å²) in [7, 11) is -4.26. The Morgan fingerprint density at radius 1 is 1.36 bits per heavy atom. The van der Waals surface area contributed by atoms with Crippen molar-refractivity contribution in [3.05, 3.63) is 23.8 Å². The molecule has 0 saturated carbocycles. The lowest BCUT2D eigenvalue weighted by Crippen LogP contribution is -2.15. The van der Waals surface area contributed by atoms with E-state index in [2.05, 4.69) is 10.1 Å². The van der Waals surface area contributed by atoms with Crippen LogP contribution in [0.1, 0.15) is 12.1 Å². The summed E-state index contributed by atoms with van der Waals surface area (Å²) in [5.41, 5.74) is -0.838. The minimum absolute atomic E-state index is 0.652. The van der Waals surface area contributed by atoms with Crippen LogP contribution in [-0.4, -0.2) is 13.4 Å². The smallest absolute Gasteiger partial charge is 0.224 e. The van der Waals surface area contributed by atoms with E-state index in [0.29, 0.717) is 12.1 Å². The summed E-state index contributed by atoms with van der Waals surface area (Å²) >= 11 is 0. The summed E-state index contributed by atoms with van der Waals surface area (Å²) in [5, 5.41) is 4.59. The van der Waals surface area contributed by atoms with E-state index < -0.39 is 33.0 Å². The molecule has 0 fully saturated rings. The predicted octanol–water partition coefficient (Wildman–Crippen LogP) is 0.806. The van der Waals surface area contributed by atoms with Gasteiger partial charge >= 0.3 is 0 Å². The van der Waals surface area contributed by atoms with Gasteiger partial charge in [0, 0.05) is 0 Å². The van der Waals surface area contributed by atoms with Crippen molar-refractivity contribution in [2.75, 3.05) is 0 Å². The number of nitrogens with zero attached hydrogens (tertiary/aromatic N) is 1. The lowest BCUT2D eigenvalue weighted by atomic mass is 10.4. The Labute approximate surface area is 77.6 Å². The maximum absolute atomic E-state index is 12.8. The molecule has 0 saturated heterocycles. The van der Waals surface area contributed by atoms with Crippen LogP contribution in [0, 0.1) is 5.95 Å². The lowest BCUT2D eigenvalue weighted by molar-refractivity contribution is 0.144. The molecule has 1 rings (SSSR count). The van der Waals surface area contributed by atoms with Crippen LogP contribution in [-0.2, 0) is 10.0 Å². The van der Waals surface area contributed by atoms with Crippen molar-refractivity contribution in [2.45, 2.75) is 11.3 Å². The van der Waals surface area contributed by atoms with Crippen molar-refractivity contribution in [3.63, 3.8) is 0 Å². The van der Waals surface area contributed by atoms with Crippen LogP contribution in [0.15, 0.2) is 17.0 Å². The van der Waals surface area contributed by atoms with Crippen LogP contribution >= 0.6 is 0 Å². The largest absolute Gasteiger partial charge is 0.280 e. The first-order valence-corrected chi connectivity index (χ1v) is 4.84. The van der Waals surface area contributed by atoms with Crippen molar-refractivity contribution in [1.82, 2.24) is 4.98 Å². The first kappa shape index (κ1) is 10.9. The van der Waals surface area contributed by atoms with E-state index in [0.717, 1.165) is 0 Å². The maximum atomic E-state index is 12.8. The van der Waals surface area contributed by atoms with Crippen molar-refractivity contribution in [1.29, 1.82) is 0 Å². The quantitative estimate of drug-likeness (QED) is 0.758. The van der Waals surface area contributed by atoms with Gasteiger partial charge in [-0.05, 0) is 12.1 Å². The van der Waals surface area contributed by atoms with Crippen LogP contribution in [0.5, 0.6) is 0 Å². The fourth-order valence-corrected chi connectivity index (χ4v) is 1.31. The highest BCUT2D eigenvalue weighted by atomic mass is 32.2. The van der Waals surface area contributed by atoms with Crippen molar-refractivity contribution in [3.8, 4) is 0 Å². The van der Waals surface area contributed by atoms with E-state index in [4.69, 9.17) is 0 Å². The van der Waals surface area contributed by atoms with Gasteiger partial charge in [0.05, 0.1) is 0 Å². The van der Waals surface area contributed by atoms with E-state index in [9.17, 15) is 21.6 Å². The van der Waals surface area contributed by atoms with E-state index in [-0.39, 0.29) is 0 Å². The number of alkyl halides is 2. The summed E-state index contributed by atoms with van der Waals surface area (Å²) in [6.45, 7) is 0. The monoisotopic (exact) mass is 226 g/mol. The van der Waals surface area contributed by atoms with E-state index >= 15 is 0 Å². The Balaban J connectivity index is 3.28. The number of primary sulfonamides is 1. The fraction of sp³-hybridized carbons (Fsp3) is 0.167. The molecule has 8 heteroatoms. The van der Waals surface area contributed by atoms with Gasteiger partial charge in [-0.3, -0.25) is 0 Å². The van der Waals surface area contributed by atoms with Gasteiger partial charge < -0.3 is 0 Å². The first-order valence-electron chi connectivity index (χ1n) is 3.30. The molecule has 0 aliphatic carbocycles. The second kappa shape index (κ2) is 3.54.